The Hall–Kier alpha value is -1.84. The summed E-state index contributed by atoms with van der Waals surface area (Å²) in [6.07, 6.45) is 1.53. The fraction of sp³-hybridized carbons (Fsp3) is 0.111. The van der Waals surface area contributed by atoms with E-state index in [0.717, 1.165) is 11.3 Å². The number of rotatable bonds is 0. The van der Waals surface area contributed by atoms with E-state index in [0.29, 0.717) is 5.69 Å². The minimum absolute atomic E-state index is 0.238. The minimum atomic E-state index is -0.238. The van der Waals surface area contributed by atoms with Crippen molar-refractivity contribution in [2.24, 2.45) is 0 Å². The number of pyridine rings is 1. The van der Waals surface area contributed by atoms with Gasteiger partial charge in [0.2, 0.25) is 0 Å². The molecule has 4 heteroatoms. The first kappa shape index (κ1) is 7.79. The second kappa shape index (κ2) is 2.90. The van der Waals surface area contributed by atoms with Gasteiger partial charge in [0, 0.05) is 11.6 Å². The highest BCUT2D eigenvalue weighted by Crippen LogP contribution is 2.16. The Labute approximate surface area is 74.6 Å². The molecule has 2 aliphatic rings. The largest absolute Gasteiger partial charge is 0.270 e. The number of nitrogens with zero attached hydrogens (tertiary/aromatic N) is 3. The summed E-state index contributed by atoms with van der Waals surface area (Å²) in [5.41, 5.74) is 2.03. The van der Waals surface area contributed by atoms with Crippen LogP contribution < -0.4 is 5.56 Å². The third-order valence-corrected chi connectivity index (χ3v) is 1.80. The van der Waals surface area contributed by atoms with Crippen LogP contribution in [0.4, 0.5) is 0 Å². The fourth-order valence-corrected chi connectivity index (χ4v) is 1.17. The summed E-state index contributed by atoms with van der Waals surface area (Å²) in [4.78, 5) is 14.8. The maximum absolute atomic E-state index is 10.9. The molecule has 0 bridgehead atoms. The summed E-state index contributed by atoms with van der Waals surface area (Å²) in [7, 11) is 0. The van der Waals surface area contributed by atoms with Crippen molar-refractivity contribution in [1.29, 1.82) is 0 Å². The zero-order valence-corrected chi connectivity index (χ0v) is 7.06. The maximum atomic E-state index is 10.9. The van der Waals surface area contributed by atoms with Crippen molar-refractivity contribution in [2.45, 2.75) is 6.92 Å². The summed E-state index contributed by atoms with van der Waals surface area (Å²) in [5.74, 6) is 0. The molecule has 0 amide bonds. The van der Waals surface area contributed by atoms with Gasteiger partial charge in [-0.05, 0) is 19.1 Å². The predicted octanol–water partition coefficient (Wildman–Crippen LogP) is 0.645. The van der Waals surface area contributed by atoms with E-state index in [9.17, 15) is 4.79 Å². The highest BCUT2D eigenvalue weighted by Gasteiger charge is 2.04. The van der Waals surface area contributed by atoms with E-state index in [1.807, 2.05) is 6.92 Å². The lowest BCUT2D eigenvalue weighted by Crippen LogP contribution is -2.05. The molecule has 0 N–H and O–H groups in total. The Balaban J connectivity index is 2.87. The van der Waals surface area contributed by atoms with Gasteiger partial charge in [0.15, 0.2) is 0 Å². The van der Waals surface area contributed by atoms with E-state index in [1.165, 1.54) is 12.3 Å². The Morgan fingerprint density at radius 1 is 1.23 bits per heavy atom. The summed E-state index contributed by atoms with van der Waals surface area (Å²) >= 11 is 0. The van der Waals surface area contributed by atoms with Crippen LogP contribution in [0.5, 0.6) is 0 Å². The molecule has 64 valence electrons. The molecule has 0 spiro atoms. The third kappa shape index (κ3) is 1.38. The van der Waals surface area contributed by atoms with E-state index >= 15 is 0 Å². The van der Waals surface area contributed by atoms with E-state index in [4.69, 9.17) is 0 Å². The molecule has 2 heterocycles. The molecule has 0 saturated heterocycles. The minimum Gasteiger partial charge on any atom is -0.267 e. The number of hydrogen-bond donors (Lipinski definition) is 0. The van der Waals surface area contributed by atoms with Gasteiger partial charge in [-0.15, -0.1) is 0 Å². The molecule has 0 aromatic rings. The highest BCUT2D eigenvalue weighted by molar-refractivity contribution is 5.60. The fourth-order valence-electron chi connectivity index (χ4n) is 1.17. The lowest BCUT2D eigenvalue weighted by atomic mass is 10.1. The van der Waals surface area contributed by atoms with Gasteiger partial charge in [0.1, 0.15) is 0 Å². The van der Waals surface area contributed by atoms with Gasteiger partial charge in [-0.25, -0.2) is 4.98 Å². The monoisotopic (exact) mass is 173 g/mol. The molecule has 4 nitrogen and oxygen atoms in total. The van der Waals surface area contributed by atoms with Crippen LogP contribution in [0.1, 0.15) is 5.69 Å². The second-order valence-electron chi connectivity index (χ2n) is 2.70. The van der Waals surface area contributed by atoms with Gasteiger partial charge in [0.05, 0.1) is 17.6 Å². The van der Waals surface area contributed by atoms with E-state index in [2.05, 4.69) is 15.2 Å². The SMILES string of the molecule is Cc1nnccc2nc(=O)ccc1-2. The zero-order chi connectivity index (χ0) is 9.26. The van der Waals surface area contributed by atoms with Crippen molar-refractivity contribution in [3.8, 4) is 11.3 Å². The molecular formula is C9H7N3O. The quantitative estimate of drug-likeness (QED) is 0.586. The summed E-state index contributed by atoms with van der Waals surface area (Å²) in [6.45, 7) is 1.83. The molecule has 2 aliphatic heterocycles. The van der Waals surface area contributed by atoms with Crippen molar-refractivity contribution in [3.63, 3.8) is 0 Å². The molecule has 0 aromatic carbocycles. The number of fused-ring (bicyclic) bond motifs is 1. The molecule has 0 aliphatic carbocycles. The first-order valence-corrected chi connectivity index (χ1v) is 3.87. The van der Waals surface area contributed by atoms with Gasteiger partial charge in [0.25, 0.3) is 5.56 Å². The average Bonchev–Trinajstić information content (AvgIpc) is 2.28. The normalized spacial score (nSPS) is 10.2. The number of aryl methyl sites for hydroxylation is 1. The number of hydrogen-bond acceptors (Lipinski definition) is 4. The highest BCUT2D eigenvalue weighted by atomic mass is 16.1. The smallest absolute Gasteiger partial charge is 0.267 e. The first-order valence-electron chi connectivity index (χ1n) is 3.87. The predicted molar refractivity (Wildman–Crippen MR) is 47.5 cm³/mol. The van der Waals surface area contributed by atoms with Crippen LogP contribution in [0.3, 0.4) is 0 Å². The number of aromatic nitrogens is 3. The molecular weight excluding hydrogens is 166 g/mol. The van der Waals surface area contributed by atoms with Gasteiger partial charge in [-0.1, -0.05) is 0 Å². The second-order valence-corrected chi connectivity index (χ2v) is 2.70. The van der Waals surface area contributed by atoms with Gasteiger partial charge in [-0.3, -0.25) is 4.79 Å². The van der Waals surface area contributed by atoms with Crippen LogP contribution in [0.2, 0.25) is 0 Å². The standard InChI is InChI=1S/C9H7N3O/c1-6-7-2-3-9(13)11-8(7)4-5-10-12-6/h2-5H,1H3. The average molecular weight is 173 g/mol. The third-order valence-electron chi connectivity index (χ3n) is 1.80. The zero-order valence-electron chi connectivity index (χ0n) is 7.06. The summed E-state index contributed by atoms with van der Waals surface area (Å²) in [5, 5.41) is 7.67. The van der Waals surface area contributed by atoms with Crippen LogP contribution in [-0.4, -0.2) is 15.2 Å². The van der Waals surface area contributed by atoms with Gasteiger partial charge < -0.3 is 0 Å². The van der Waals surface area contributed by atoms with Crippen molar-refractivity contribution >= 4 is 0 Å². The summed E-state index contributed by atoms with van der Waals surface area (Å²) in [6, 6.07) is 4.82. The van der Waals surface area contributed by atoms with Gasteiger partial charge in [-0.2, -0.15) is 10.2 Å². The van der Waals surface area contributed by atoms with Crippen LogP contribution in [0.25, 0.3) is 11.3 Å². The Kier molecular flexibility index (Phi) is 1.73. The van der Waals surface area contributed by atoms with Crippen LogP contribution in [-0.2, 0) is 0 Å². The van der Waals surface area contributed by atoms with Gasteiger partial charge >= 0.3 is 0 Å². The van der Waals surface area contributed by atoms with Crippen molar-refractivity contribution in [3.05, 3.63) is 40.4 Å². The Morgan fingerprint density at radius 3 is 2.92 bits per heavy atom. The molecule has 13 heavy (non-hydrogen) atoms. The topological polar surface area (TPSA) is 55.7 Å². The molecule has 0 unspecified atom stereocenters. The molecule has 0 saturated carbocycles. The lowest BCUT2D eigenvalue weighted by Gasteiger charge is -1.97. The van der Waals surface area contributed by atoms with Crippen LogP contribution in [0.15, 0.2) is 29.2 Å². The molecule has 0 aromatic heterocycles. The van der Waals surface area contributed by atoms with Crippen molar-refractivity contribution < 1.29 is 0 Å². The van der Waals surface area contributed by atoms with Crippen LogP contribution in [0, 0.1) is 6.92 Å². The maximum Gasteiger partial charge on any atom is 0.270 e. The van der Waals surface area contributed by atoms with E-state index in [1.54, 1.807) is 12.1 Å². The van der Waals surface area contributed by atoms with Crippen molar-refractivity contribution in [2.75, 3.05) is 0 Å². The summed E-state index contributed by atoms with van der Waals surface area (Å²) < 4.78 is 0. The molecule has 2 rings (SSSR count). The lowest BCUT2D eigenvalue weighted by molar-refractivity contribution is 1.01. The van der Waals surface area contributed by atoms with E-state index < -0.39 is 0 Å². The molecule has 0 fully saturated rings. The molecule has 0 atom stereocenters. The first-order chi connectivity index (χ1) is 6.27. The molecule has 0 radical (unpaired) electrons. The van der Waals surface area contributed by atoms with Crippen LogP contribution >= 0.6 is 0 Å². The Bertz CT molecular complexity index is 469. The van der Waals surface area contributed by atoms with E-state index in [-0.39, 0.29) is 5.56 Å². The van der Waals surface area contributed by atoms with Crippen molar-refractivity contribution in [1.82, 2.24) is 15.2 Å². The Morgan fingerprint density at radius 2 is 2.08 bits per heavy atom.